The molecule has 0 saturated carbocycles. The Labute approximate surface area is 172 Å². The number of hydrogen-bond donors (Lipinski definition) is 0. The fourth-order valence-corrected chi connectivity index (χ4v) is 4.82. The van der Waals surface area contributed by atoms with Crippen LogP contribution in [-0.4, -0.2) is 60.0 Å². The highest BCUT2D eigenvalue weighted by molar-refractivity contribution is 5.95. The lowest BCUT2D eigenvalue weighted by Gasteiger charge is -2.36. The first-order chi connectivity index (χ1) is 14.2. The number of aryl methyl sites for hydroxylation is 2. The van der Waals surface area contributed by atoms with Gasteiger partial charge < -0.3 is 14.7 Å². The van der Waals surface area contributed by atoms with Gasteiger partial charge in [-0.3, -0.25) is 4.79 Å². The average molecular weight is 392 g/mol. The number of anilines is 2. The molecular formula is C23H29N5O. The summed E-state index contributed by atoms with van der Waals surface area (Å²) in [5, 5.41) is 0. The summed E-state index contributed by atoms with van der Waals surface area (Å²) >= 11 is 0. The van der Waals surface area contributed by atoms with Gasteiger partial charge in [-0.1, -0.05) is 18.2 Å². The molecule has 152 valence electrons. The zero-order chi connectivity index (χ0) is 19.8. The Hall–Kier alpha value is -2.63. The molecule has 29 heavy (non-hydrogen) atoms. The van der Waals surface area contributed by atoms with E-state index in [1.54, 1.807) is 0 Å². The van der Waals surface area contributed by atoms with E-state index in [4.69, 9.17) is 9.97 Å². The van der Waals surface area contributed by atoms with E-state index in [0.717, 1.165) is 75.0 Å². The van der Waals surface area contributed by atoms with E-state index >= 15 is 0 Å². The highest BCUT2D eigenvalue weighted by Crippen LogP contribution is 2.32. The van der Waals surface area contributed by atoms with Gasteiger partial charge in [0.05, 0.1) is 5.69 Å². The van der Waals surface area contributed by atoms with Crippen molar-refractivity contribution >= 4 is 17.7 Å². The van der Waals surface area contributed by atoms with Crippen molar-refractivity contribution in [1.82, 2.24) is 14.9 Å². The Bertz CT molecular complexity index is 913. The summed E-state index contributed by atoms with van der Waals surface area (Å²) in [6, 6.07) is 7.87. The third-order valence-corrected chi connectivity index (χ3v) is 6.53. The number of amides is 1. The van der Waals surface area contributed by atoms with Gasteiger partial charge in [-0.05, 0) is 50.7 Å². The average Bonchev–Trinajstić information content (AvgIpc) is 3.45. The van der Waals surface area contributed by atoms with Crippen molar-refractivity contribution in [2.45, 2.75) is 39.0 Å². The lowest BCUT2D eigenvalue weighted by molar-refractivity contribution is 0.0745. The number of piperazine rings is 1. The number of carbonyl (C=O) groups excluding carboxylic acids is 1. The minimum absolute atomic E-state index is 0.147. The largest absolute Gasteiger partial charge is 0.353 e. The van der Waals surface area contributed by atoms with E-state index in [1.165, 1.54) is 30.5 Å². The van der Waals surface area contributed by atoms with Crippen LogP contribution in [0.3, 0.4) is 0 Å². The molecule has 2 aliphatic heterocycles. The molecule has 5 rings (SSSR count). The topological polar surface area (TPSA) is 52.6 Å². The zero-order valence-electron chi connectivity index (χ0n) is 17.2. The van der Waals surface area contributed by atoms with E-state index in [9.17, 15) is 4.79 Å². The summed E-state index contributed by atoms with van der Waals surface area (Å²) in [6.45, 7) is 7.29. The Morgan fingerprint density at radius 1 is 0.862 bits per heavy atom. The Kier molecular flexibility index (Phi) is 4.86. The minimum atomic E-state index is 0.147. The summed E-state index contributed by atoms with van der Waals surface area (Å²) in [5.74, 6) is 2.18. The number of aromatic nitrogens is 2. The van der Waals surface area contributed by atoms with Crippen LogP contribution in [0.5, 0.6) is 0 Å². The molecule has 1 aliphatic carbocycles. The molecule has 0 radical (unpaired) electrons. The van der Waals surface area contributed by atoms with E-state index in [0.29, 0.717) is 0 Å². The molecule has 2 aromatic rings. The first kappa shape index (κ1) is 18.4. The summed E-state index contributed by atoms with van der Waals surface area (Å²) < 4.78 is 0. The van der Waals surface area contributed by atoms with Gasteiger partial charge in [0.15, 0.2) is 0 Å². The standard InChI is InChI=1S/C23H29N5O/c1-17-7-2-3-8-18(17)22(29)27-15-13-26(14-16-27)21-19-9-6-10-20(19)24-23(25-21)28-11-4-5-12-28/h2-3,7-8H,4-6,9-16H2,1H3. The van der Waals surface area contributed by atoms with E-state index in [2.05, 4.69) is 9.80 Å². The zero-order valence-corrected chi connectivity index (χ0v) is 17.2. The van der Waals surface area contributed by atoms with Crippen LogP contribution in [0.4, 0.5) is 11.8 Å². The molecule has 6 nitrogen and oxygen atoms in total. The molecule has 3 heterocycles. The molecule has 6 heteroatoms. The van der Waals surface area contributed by atoms with Crippen LogP contribution in [-0.2, 0) is 12.8 Å². The fourth-order valence-electron chi connectivity index (χ4n) is 4.82. The quantitative estimate of drug-likeness (QED) is 0.805. The van der Waals surface area contributed by atoms with E-state index in [1.807, 2.05) is 36.1 Å². The SMILES string of the molecule is Cc1ccccc1C(=O)N1CCN(c2nc(N3CCCC3)nc3c2CCC3)CC1. The molecule has 0 unspecified atom stereocenters. The Morgan fingerprint density at radius 3 is 2.38 bits per heavy atom. The van der Waals surface area contributed by atoms with Crippen LogP contribution >= 0.6 is 0 Å². The van der Waals surface area contributed by atoms with Crippen molar-refractivity contribution in [3.63, 3.8) is 0 Å². The summed E-state index contributed by atoms with van der Waals surface area (Å²) in [6.07, 6.45) is 5.78. The summed E-state index contributed by atoms with van der Waals surface area (Å²) in [4.78, 5) is 29.6. The van der Waals surface area contributed by atoms with Gasteiger partial charge in [-0.2, -0.15) is 4.98 Å². The number of benzene rings is 1. The van der Waals surface area contributed by atoms with Crippen LogP contribution in [0.2, 0.25) is 0 Å². The van der Waals surface area contributed by atoms with Gasteiger partial charge in [0.2, 0.25) is 5.95 Å². The first-order valence-corrected chi connectivity index (χ1v) is 11.0. The van der Waals surface area contributed by atoms with Gasteiger partial charge in [0, 0.05) is 50.4 Å². The number of fused-ring (bicyclic) bond motifs is 1. The van der Waals surface area contributed by atoms with Gasteiger partial charge >= 0.3 is 0 Å². The summed E-state index contributed by atoms with van der Waals surface area (Å²) in [7, 11) is 0. The third kappa shape index (κ3) is 3.45. The van der Waals surface area contributed by atoms with E-state index in [-0.39, 0.29) is 5.91 Å². The second kappa shape index (κ2) is 7.65. The van der Waals surface area contributed by atoms with Crippen molar-refractivity contribution in [2.75, 3.05) is 49.1 Å². The Morgan fingerprint density at radius 2 is 1.62 bits per heavy atom. The fraction of sp³-hybridized carbons (Fsp3) is 0.522. The van der Waals surface area contributed by atoms with Crippen LogP contribution < -0.4 is 9.80 Å². The molecule has 2 saturated heterocycles. The second-order valence-electron chi connectivity index (χ2n) is 8.41. The van der Waals surface area contributed by atoms with Gasteiger partial charge in [-0.15, -0.1) is 0 Å². The molecule has 1 aromatic carbocycles. The molecule has 0 atom stereocenters. The van der Waals surface area contributed by atoms with Crippen LogP contribution in [0, 0.1) is 6.92 Å². The molecule has 1 amide bonds. The summed E-state index contributed by atoms with van der Waals surface area (Å²) in [5.41, 5.74) is 4.45. The molecule has 0 N–H and O–H groups in total. The molecule has 0 spiro atoms. The minimum Gasteiger partial charge on any atom is -0.353 e. The molecule has 1 aromatic heterocycles. The smallest absolute Gasteiger partial charge is 0.254 e. The normalized spacial score (nSPS) is 19.0. The molecule has 0 bridgehead atoms. The lowest BCUT2D eigenvalue weighted by atomic mass is 10.1. The lowest BCUT2D eigenvalue weighted by Crippen LogP contribution is -2.49. The van der Waals surface area contributed by atoms with Gasteiger partial charge in [0.1, 0.15) is 5.82 Å². The predicted molar refractivity (Wildman–Crippen MR) is 115 cm³/mol. The van der Waals surface area contributed by atoms with Crippen LogP contribution in [0.1, 0.15) is 46.4 Å². The highest BCUT2D eigenvalue weighted by Gasteiger charge is 2.29. The second-order valence-corrected chi connectivity index (χ2v) is 8.41. The maximum absolute atomic E-state index is 13.0. The number of rotatable bonds is 3. The van der Waals surface area contributed by atoms with Crippen LogP contribution in [0.15, 0.2) is 24.3 Å². The monoisotopic (exact) mass is 391 g/mol. The molecular weight excluding hydrogens is 362 g/mol. The first-order valence-electron chi connectivity index (χ1n) is 11.0. The van der Waals surface area contributed by atoms with Crippen LogP contribution in [0.25, 0.3) is 0 Å². The third-order valence-electron chi connectivity index (χ3n) is 6.53. The number of carbonyl (C=O) groups is 1. The number of nitrogens with zero attached hydrogens (tertiary/aromatic N) is 5. The van der Waals surface area contributed by atoms with Crippen molar-refractivity contribution in [2.24, 2.45) is 0 Å². The van der Waals surface area contributed by atoms with Gasteiger partial charge in [-0.25, -0.2) is 4.98 Å². The predicted octanol–water partition coefficient (Wildman–Crippen LogP) is 2.84. The number of hydrogen-bond acceptors (Lipinski definition) is 5. The van der Waals surface area contributed by atoms with Gasteiger partial charge in [0.25, 0.3) is 5.91 Å². The van der Waals surface area contributed by atoms with E-state index < -0.39 is 0 Å². The highest BCUT2D eigenvalue weighted by atomic mass is 16.2. The molecule has 2 fully saturated rings. The molecule has 3 aliphatic rings. The van der Waals surface area contributed by atoms with Crippen molar-refractivity contribution in [3.8, 4) is 0 Å². The van der Waals surface area contributed by atoms with Crippen molar-refractivity contribution in [1.29, 1.82) is 0 Å². The Balaban J connectivity index is 1.34. The maximum atomic E-state index is 13.0. The van der Waals surface area contributed by atoms with Crippen molar-refractivity contribution < 1.29 is 4.79 Å². The van der Waals surface area contributed by atoms with Crippen molar-refractivity contribution in [3.05, 3.63) is 46.6 Å². The maximum Gasteiger partial charge on any atom is 0.254 e.